The molecule has 0 amide bonds. The highest BCUT2D eigenvalue weighted by atomic mass is 19.4. The molecule has 1 saturated carbocycles. The standard InChI is InChI=1S/C23H25F3N6O/c1-12-6-18-20(15-8-17(9-15)23(24,25)26)29-22(30-21(18)28-14(12)3)32-4-5-33-19(11-32)16-7-13(2)31-27-10-16/h6-7,10,15,17,19H,4-5,8-9,11H2,1-3H3/t15?,17?,19-/m0/s1. The van der Waals surface area contributed by atoms with Crippen LogP contribution in [-0.4, -0.2) is 51.0 Å². The fraction of sp³-hybridized carbons (Fsp3) is 0.522. The number of rotatable bonds is 3. The van der Waals surface area contributed by atoms with Crippen molar-refractivity contribution in [3.63, 3.8) is 0 Å². The molecule has 1 aliphatic carbocycles. The van der Waals surface area contributed by atoms with Crippen molar-refractivity contribution in [2.75, 3.05) is 24.6 Å². The van der Waals surface area contributed by atoms with Crippen LogP contribution in [-0.2, 0) is 4.74 Å². The molecular weight excluding hydrogens is 433 g/mol. The number of fused-ring (bicyclic) bond motifs is 1. The summed E-state index contributed by atoms with van der Waals surface area (Å²) in [6, 6.07) is 3.89. The lowest BCUT2D eigenvalue weighted by Crippen LogP contribution is -2.40. The number of hydrogen-bond donors (Lipinski definition) is 0. The third-order valence-electron chi connectivity index (χ3n) is 6.65. The summed E-state index contributed by atoms with van der Waals surface area (Å²) in [5, 5.41) is 8.76. The van der Waals surface area contributed by atoms with Crippen LogP contribution in [0.15, 0.2) is 18.3 Å². The molecular formula is C23H25F3N6O. The normalized spacial score (nSPS) is 23.6. The molecule has 174 valence electrons. The van der Waals surface area contributed by atoms with Crippen LogP contribution in [0.5, 0.6) is 0 Å². The van der Waals surface area contributed by atoms with Gasteiger partial charge in [0, 0.05) is 29.1 Å². The van der Waals surface area contributed by atoms with E-state index in [2.05, 4.69) is 15.2 Å². The maximum atomic E-state index is 13.1. The zero-order chi connectivity index (χ0) is 23.3. The van der Waals surface area contributed by atoms with Crippen molar-refractivity contribution in [3.05, 3.63) is 46.5 Å². The number of morpholine rings is 1. The van der Waals surface area contributed by atoms with Crippen molar-refractivity contribution in [1.29, 1.82) is 0 Å². The lowest BCUT2D eigenvalue weighted by molar-refractivity contribution is -0.197. The van der Waals surface area contributed by atoms with Crippen LogP contribution in [0.1, 0.15) is 53.1 Å². The van der Waals surface area contributed by atoms with Crippen LogP contribution in [0.3, 0.4) is 0 Å². The molecule has 3 aromatic rings. The minimum Gasteiger partial charge on any atom is -0.370 e. The summed E-state index contributed by atoms with van der Waals surface area (Å²) in [5.41, 5.74) is 4.73. The average Bonchev–Trinajstić information content (AvgIpc) is 2.73. The third-order valence-corrected chi connectivity index (χ3v) is 6.65. The smallest absolute Gasteiger partial charge is 0.370 e. The predicted octanol–water partition coefficient (Wildman–Crippen LogP) is 4.37. The molecule has 0 aromatic carbocycles. The van der Waals surface area contributed by atoms with Crippen LogP contribution < -0.4 is 4.90 Å². The maximum Gasteiger partial charge on any atom is 0.391 e. The molecule has 0 spiro atoms. The number of anilines is 1. The van der Waals surface area contributed by atoms with E-state index in [1.807, 2.05) is 37.8 Å². The quantitative estimate of drug-likeness (QED) is 0.577. The molecule has 5 rings (SSSR count). The molecule has 1 atom stereocenters. The van der Waals surface area contributed by atoms with Gasteiger partial charge in [0.05, 0.1) is 36.7 Å². The Bertz CT molecular complexity index is 1190. The molecule has 33 heavy (non-hydrogen) atoms. The summed E-state index contributed by atoms with van der Waals surface area (Å²) < 4.78 is 45.4. The van der Waals surface area contributed by atoms with Gasteiger partial charge in [0.1, 0.15) is 6.10 Å². The summed E-state index contributed by atoms with van der Waals surface area (Å²) in [6.45, 7) is 7.29. The number of alkyl halides is 3. The first-order valence-corrected chi connectivity index (χ1v) is 11.1. The molecule has 2 aliphatic rings. The van der Waals surface area contributed by atoms with E-state index < -0.39 is 12.1 Å². The number of ether oxygens (including phenoxy) is 1. The number of aromatic nitrogens is 5. The monoisotopic (exact) mass is 458 g/mol. The summed E-state index contributed by atoms with van der Waals surface area (Å²) in [6.07, 6.45) is -2.60. The van der Waals surface area contributed by atoms with Gasteiger partial charge in [-0.15, -0.1) is 0 Å². The fourth-order valence-electron chi connectivity index (χ4n) is 4.52. The molecule has 0 radical (unpaired) electrons. The van der Waals surface area contributed by atoms with Crippen LogP contribution >= 0.6 is 0 Å². The summed E-state index contributed by atoms with van der Waals surface area (Å²) >= 11 is 0. The minimum atomic E-state index is -4.17. The van der Waals surface area contributed by atoms with E-state index in [1.54, 1.807) is 6.20 Å². The number of pyridine rings is 1. The van der Waals surface area contributed by atoms with Gasteiger partial charge in [-0.3, -0.25) is 0 Å². The van der Waals surface area contributed by atoms with E-state index in [0.717, 1.165) is 27.9 Å². The molecule has 0 bridgehead atoms. The van der Waals surface area contributed by atoms with Crippen molar-refractivity contribution in [3.8, 4) is 0 Å². The number of aryl methyl sites for hydroxylation is 3. The van der Waals surface area contributed by atoms with Gasteiger partial charge >= 0.3 is 6.18 Å². The molecule has 3 aromatic heterocycles. The fourth-order valence-corrected chi connectivity index (χ4v) is 4.52. The third kappa shape index (κ3) is 4.23. The number of halogens is 3. The lowest BCUT2D eigenvalue weighted by atomic mass is 9.72. The Morgan fingerprint density at radius 2 is 1.85 bits per heavy atom. The van der Waals surface area contributed by atoms with Gasteiger partial charge in [0.25, 0.3) is 0 Å². The van der Waals surface area contributed by atoms with E-state index in [4.69, 9.17) is 14.7 Å². The van der Waals surface area contributed by atoms with Crippen molar-refractivity contribution in [2.45, 2.75) is 51.8 Å². The van der Waals surface area contributed by atoms with Gasteiger partial charge in [0.2, 0.25) is 5.95 Å². The first-order valence-electron chi connectivity index (χ1n) is 11.1. The molecule has 1 aliphatic heterocycles. The largest absolute Gasteiger partial charge is 0.391 e. The second-order valence-corrected chi connectivity index (χ2v) is 9.01. The van der Waals surface area contributed by atoms with Crippen molar-refractivity contribution in [1.82, 2.24) is 25.1 Å². The van der Waals surface area contributed by atoms with Gasteiger partial charge in [-0.05, 0) is 51.3 Å². The van der Waals surface area contributed by atoms with Crippen LogP contribution in [0.25, 0.3) is 11.0 Å². The Kier molecular flexibility index (Phi) is 5.43. The summed E-state index contributed by atoms with van der Waals surface area (Å²) in [4.78, 5) is 16.2. The molecule has 1 saturated heterocycles. The van der Waals surface area contributed by atoms with Gasteiger partial charge < -0.3 is 9.64 Å². The predicted molar refractivity (Wildman–Crippen MR) is 116 cm³/mol. The Balaban J connectivity index is 1.50. The SMILES string of the molecule is Cc1cc([C@@H]2CN(c3nc(C4CC(C(F)(F)F)C4)c4cc(C)c(C)nc4n3)CCO2)cnn1. The zero-order valence-electron chi connectivity index (χ0n) is 18.7. The van der Waals surface area contributed by atoms with Gasteiger partial charge in [-0.1, -0.05) is 0 Å². The average molecular weight is 458 g/mol. The lowest BCUT2D eigenvalue weighted by Gasteiger charge is -2.37. The zero-order valence-corrected chi connectivity index (χ0v) is 18.7. The van der Waals surface area contributed by atoms with Crippen molar-refractivity contribution < 1.29 is 17.9 Å². The number of nitrogens with zero attached hydrogens (tertiary/aromatic N) is 6. The van der Waals surface area contributed by atoms with E-state index >= 15 is 0 Å². The molecule has 0 unspecified atom stereocenters. The first-order chi connectivity index (χ1) is 15.7. The molecule has 10 heteroatoms. The number of hydrogen-bond acceptors (Lipinski definition) is 7. The van der Waals surface area contributed by atoms with E-state index in [-0.39, 0.29) is 24.9 Å². The maximum absolute atomic E-state index is 13.1. The second-order valence-electron chi connectivity index (χ2n) is 9.01. The highest BCUT2D eigenvalue weighted by Crippen LogP contribution is 2.50. The second kappa shape index (κ2) is 8.16. The van der Waals surface area contributed by atoms with Crippen LogP contribution in [0.2, 0.25) is 0 Å². The Morgan fingerprint density at radius 3 is 2.58 bits per heavy atom. The molecule has 4 heterocycles. The Labute approximate surface area is 189 Å². The highest BCUT2D eigenvalue weighted by molar-refractivity contribution is 5.80. The van der Waals surface area contributed by atoms with Crippen molar-refractivity contribution >= 4 is 17.0 Å². The topological polar surface area (TPSA) is 76.9 Å². The highest BCUT2D eigenvalue weighted by Gasteiger charge is 2.49. The summed E-state index contributed by atoms with van der Waals surface area (Å²) in [7, 11) is 0. The van der Waals surface area contributed by atoms with E-state index in [1.165, 1.54) is 0 Å². The van der Waals surface area contributed by atoms with Crippen molar-refractivity contribution in [2.24, 2.45) is 5.92 Å². The molecule has 0 N–H and O–H groups in total. The van der Waals surface area contributed by atoms with Gasteiger partial charge in [-0.25, -0.2) is 9.97 Å². The summed E-state index contributed by atoms with van der Waals surface area (Å²) in [5.74, 6) is -1.05. The van der Waals surface area contributed by atoms with Crippen LogP contribution in [0.4, 0.5) is 19.1 Å². The molecule has 2 fully saturated rings. The van der Waals surface area contributed by atoms with E-state index in [0.29, 0.717) is 37.0 Å². The Hall–Kier alpha value is -2.88. The first kappa shape index (κ1) is 21.9. The Morgan fingerprint density at radius 1 is 1.06 bits per heavy atom. The van der Waals surface area contributed by atoms with Gasteiger partial charge in [0.15, 0.2) is 5.65 Å². The minimum absolute atomic E-state index is 0.0513. The van der Waals surface area contributed by atoms with Gasteiger partial charge in [-0.2, -0.15) is 28.4 Å². The van der Waals surface area contributed by atoms with Crippen LogP contribution in [0, 0.1) is 26.7 Å². The van der Waals surface area contributed by atoms with E-state index in [9.17, 15) is 13.2 Å². The molecule has 7 nitrogen and oxygen atoms in total.